The van der Waals surface area contributed by atoms with E-state index in [0.29, 0.717) is 29.2 Å². The van der Waals surface area contributed by atoms with Gasteiger partial charge in [-0.1, -0.05) is 6.92 Å². The van der Waals surface area contributed by atoms with Crippen LogP contribution >= 0.6 is 0 Å². The zero-order valence-electron chi connectivity index (χ0n) is 19.6. The molecule has 1 amide bonds. The van der Waals surface area contributed by atoms with Crippen LogP contribution in [0.4, 0.5) is 5.69 Å². The molecule has 1 atom stereocenters. The molecule has 0 aliphatic carbocycles. The summed E-state index contributed by atoms with van der Waals surface area (Å²) in [5.74, 6) is 0.105. The molecule has 0 saturated heterocycles. The molecule has 34 heavy (non-hydrogen) atoms. The van der Waals surface area contributed by atoms with Crippen LogP contribution in [0.15, 0.2) is 35.9 Å². The largest absolute Gasteiger partial charge is 0.497 e. The number of allylic oxidation sites excluding steroid dienone is 1. The Kier molecular flexibility index (Phi) is 5.54. The van der Waals surface area contributed by atoms with Crippen molar-refractivity contribution >= 4 is 23.1 Å². The van der Waals surface area contributed by atoms with Crippen LogP contribution in [0, 0.1) is 22.7 Å². The molecule has 0 radical (unpaired) electrons. The van der Waals surface area contributed by atoms with Crippen LogP contribution in [0.1, 0.15) is 54.6 Å². The topological polar surface area (TPSA) is 113 Å². The quantitative estimate of drug-likeness (QED) is 0.290. The number of rotatable bonds is 4. The van der Waals surface area contributed by atoms with Crippen molar-refractivity contribution in [3.05, 3.63) is 52.6 Å². The molecule has 0 aromatic heterocycles. The molecule has 0 N–H and O–H groups in total. The van der Waals surface area contributed by atoms with Gasteiger partial charge in [0.1, 0.15) is 35.0 Å². The molecule has 0 saturated carbocycles. The summed E-state index contributed by atoms with van der Waals surface area (Å²) in [5.41, 5.74) is 1.38. The van der Waals surface area contributed by atoms with E-state index in [1.807, 2.05) is 32.9 Å². The summed E-state index contributed by atoms with van der Waals surface area (Å²) < 4.78 is 16.1. The maximum atomic E-state index is 13.4. The van der Waals surface area contributed by atoms with Gasteiger partial charge in [0.15, 0.2) is 0 Å². The Hall–Kier alpha value is -4.30. The Morgan fingerprint density at radius 2 is 1.65 bits per heavy atom. The molecule has 0 spiro atoms. The first-order valence-electron chi connectivity index (χ1n) is 10.7. The van der Waals surface area contributed by atoms with Gasteiger partial charge in [0.2, 0.25) is 0 Å². The van der Waals surface area contributed by atoms with Crippen LogP contribution in [0.2, 0.25) is 0 Å². The maximum absolute atomic E-state index is 13.4. The van der Waals surface area contributed by atoms with E-state index in [0.717, 1.165) is 5.56 Å². The number of methoxy groups -OCH3 is 2. The van der Waals surface area contributed by atoms with Gasteiger partial charge in [0.25, 0.3) is 5.91 Å². The zero-order valence-corrected chi connectivity index (χ0v) is 19.6. The highest BCUT2D eigenvalue weighted by Gasteiger charge is 2.48. The SMILES string of the molecule is COc1cc(OC)cc(C(=O)Oc2cc3c4c(c2)C(C)CC(C)(C)N4C(=O)C3=C(C#N)C#N)c1. The van der Waals surface area contributed by atoms with E-state index in [1.54, 1.807) is 23.1 Å². The normalized spacial score (nSPS) is 17.4. The van der Waals surface area contributed by atoms with E-state index in [-0.39, 0.29) is 28.4 Å². The summed E-state index contributed by atoms with van der Waals surface area (Å²) >= 11 is 0. The number of anilines is 1. The molecule has 0 fully saturated rings. The second-order valence-electron chi connectivity index (χ2n) is 8.93. The Morgan fingerprint density at radius 1 is 1.03 bits per heavy atom. The van der Waals surface area contributed by atoms with E-state index in [1.165, 1.54) is 26.4 Å². The van der Waals surface area contributed by atoms with Crippen LogP contribution in [-0.4, -0.2) is 31.6 Å². The number of carbonyl (C=O) groups excluding carboxylic acids is 2. The summed E-state index contributed by atoms with van der Waals surface area (Å²) in [6.07, 6.45) is 0.664. The summed E-state index contributed by atoms with van der Waals surface area (Å²) in [6.45, 7) is 5.95. The predicted molar refractivity (Wildman–Crippen MR) is 124 cm³/mol. The van der Waals surface area contributed by atoms with Crippen molar-refractivity contribution in [1.29, 1.82) is 10.5 Å². The second kappa shape index (κ2) is 8.24. The summed E-state index contributed by atoms with van der Waals surface area (Å²) in [5, 5.41) is 19.0. The van der Waals surface area contributed by atoms with Gasteiger partial charge >= 0.3 is 5.97 Å². The lowest BCUT2D eigenvalue weighted by molar-refractivity contribution is -0.114. The van der Waals surface area contributed by atoms with Gasteiger partial charge < -0.3 is 19.1 Å². The number of amides is 1. The first-order chi connectivity index (χ1) is 16.1. The van der Waals surface area contributed by atoms with Gasteiger partial charge in [-0.3, -0.25) is 4.79 Å². The molecule has 2 aliphatic heterocycles. The van der Waals surface area contributed by atoms with Crippen molar-refractivity contribution in [1.82, 2.24) is 0 Å². The maximum Gasteiger partial charge on any atom is 0.343 e. The minimum Gasteiger partial charge on any atom is -0.497 e. The number of nitriles is 2. The highest BCUT2D eigenvalue weighted by molar-refractivity contribution is 6.35. The van der Waals surface area contributed by atoms with E-state index in [9.17, 15) is 20.1 Å². The number of hydrogen-bond donors (Lipinski definition) is 0. The highest BCUT2D eigenvalue weighted by atomic mass is 16.5. The summed E-state index contributed by atoms with van der Waals surface area (Å²) in [4.78, 5) is 28.0. The summed E-state index contributed by atoms with van der Waals surface area (Å²) in [7, 11) is 2.97. The molecule has 2 aliphatic rings. The van der Waals surface area contributed by atoms with Crippen molar-refractivity contribution < 1.29 is 23.8 Å². The van der Waals surface area contributed by atoms with Crippen molar-refractivity contribution in [2.45, 2.75) is 38.6 Å². The molecule has 2 heterocycles. The van der Waals surface area contributed by atoms with Crippen molar-refractivity contribution in [3.8, 4) is 29.4 Å². The number of carbonyl (C=O) groups is 2. The Balaban J connectivity index is 1.85. The first-order valence-corrected chi connectivity index (χ1v) is 10.7. The third-order valence-electron chi connectivity index (χ3n) is 6.24. The fraction of sp³-hybridized carbons (Fsp3) is 0.308. The van der Waals surface area contributed by atoms with Gasteiger partial charge in [0.05, 0.1) is 31.0 Å². The van der Waals surface area contributed by atoms with Crippen molar-refractivity contribution in [2.24, 2.45) is 0 Å². The first kappa shape index (κ1) is 22.9. The average molecular weight is 457 g/mol. The van der Waals surface area contributed by atoms with Crippen LogP contribution in [0.5, 0.6) is 17.2 Å². The number of benzene rings is 2. The summed E-state index contributed by atoms with van der Waals surface area (Å²) in [6, 6.07) is 11.7. The van der Waals surface area contributed by atoms with Crippen molar-refractivity contribution in [2.75, 3.05) is 19.1 Å². The van der Waals surface area contributed by atoms with E-state index < -0.39 is 17.4 Å². The van der Waals surface area contributed by atoms with E-state index in [2.05, 4.69) is 0 Å². The van der Waals surface area contributed by atoms with Crippen LogP contribution in [0.3, 0.4) is 0 Å². The van der Waals surface area contributed by atoms with E-state index >= 15 is 0 Å². The molecule has 172 valence electrons. The number of esters is 1. The number of ether oxygens (including phenoxy) is 3. The van der Waals surface area contributed by atoms with Gasteiger partial charge in [-0.2, -0.15) is 10.5 Å². The van der Waals surface area contributed by atoms with Gasteiger partial charge in [-0.25, -0.2) is 4.79 Å². The molecule has 1 unspecified atom stereocenters. The molecule has 8 nitrogen and oxygen atoms in total. The van der Waals surface area contributed by atoms with Gasteiger partial charge in [-0.15, -0.1) is 0 Å². The van der Waals surface area contributed by atoms with Gasteiger partial charge in [-0.05, 0) is 56.0 Å². The minimum absolute atomic E-state index is 0.0318. The fourth-order valence-corrected chi connectivity index (χ4v) is 4.83. The molecular weight excluding hydrogens is 434 g/mol. The fourth-order valence-electron chi connectivity index (χ4n) is 4.83. The standard InChI is InChI=1S/C26H23N3O5/c1-14-11-26(2,3)29-23-20(14)9-19(10-21(23)22(24(29)30)16(12-27)13-28)34-25(31)15-6-17(32-4)8-18(7-15)33-5/h6-10,14H,11H2,1-5H3. The van der Waals surface area contributed by atoms with Crippen LogP contribution in [0.25, 0.3) is 5.57 Å². The highest BCUT2D eigenvalue weighted by Crippen LogP contribution is 2.53. The molecule has 2 aromatic rings. The molecule has 2 aromatic carbocycles. The third-order valence-corrected chi connectivity index (χ3v) is 6.24. The zero-order chi connectivity index (χ0) is 24.8. The smallest absolute Gasteiger partial charge is 0.343 e. The lowest BCUT2D eigenvalue weighted by Gasteiger charge is -2.43. The van der Waals surface area contributed by atoms with Gasteiger partial charge in [0, 0.05) is 17.2 Å². The monoisotopic (exact) mass is 457 g/mol. The second-order valence-corrected chi connectivity index (χ2v) is 8.93. The molecule has 8 heteroatoms. The number of hydrogen-bond acceptors (Lipinski definition) is 7. The Morgan fingerprint density at radius 3 is 2.21 bits per heavy atom. The van der Waals surface area contributed by atoms with Crippen LogP contribution < -0.4 is 19.1 Å². The Bertz CT molecular complexity index is 1310. The molecular formula is C26H23N3O5. The van der Waals surface area contributed by atoms with Crippen LogP contribution in [-0.2, 0) is 4.79 Å². The predicted octanol–water partition coefficient (Wildman–Crippen LogP) is 4.36. The average Bonchev–Trinajstić information content (AvgIpc) is 3.10. The third kappa shape index (κ3) is 3.54. The number of nitrogens with zero attached hydrogens (tertiary/aromatic N) is 3. The minimum atomic E-state index is -0.638. The Labute approximate surface area is 197 Å². The molecule has 0 bridgehead atoms. The molecule has 4 rings (SSSR count). The van der Waals surface area contributed by atoms with Crippen molar-refractivity contribution in [3.63, 3.8) is 0 Å². The lowest BCUT2D eigenvalue weighted by atomic mass is 9.80. The lowest BCUT2D eigenvalue weighted by Crippen LogP contribution is -2.49. The van der Waals surface area contributed by atoms with E-state index in [4.69, 9.17) is 14.2 Å².